The van der Waals surface area contributed by atoms with Crippen molar-refractivity contribution in [3.63, 3.8) is 0 Å². The molecule has 30 heavy (non-hydrogen) atoms. The minimum atomic E-state index is -5.80. The number of ether oxygens (including phenoxy) is 1. The molecule has 0 aliphatic rings. The van der Waals surface area contributed by atoms with Crippen LogP contribution in [0, 0.1) is 0 Å². The Morgan fingerprint density at radius 1 is 0.700 bits per heavy atom. The van der Waals surface area contributed by atoms with E-state index >= 15 is 0 Å². The third-order valence-electron chi connectivity index (χ3n) is 3.53. The molecule has 2 aromatic rings. The molecule has 0 unspecified atom stereocenters. The van der Waals surface area contributed by atoms with Crippen LogP contribution >= 0.6 is 0 Å². The summed E-state index contributed by atoms with van der Waals surface area (Å²) in [5.74, 6) is -7.78. The van der Waals surface area contributed by atoms with Gasteiger partial charge in [-0.05, 0) is 24.3 Å². The van der Waals surface area contributed by atoms with Crippen LogP contribution in [0.25, 0.3) is 0 Å². The van der Waals surface area contributed by atoms with E-state index in [1.807, 2.05) is 0 Å². The van der Waals surface area contributed by atoms with E-state index in [2.05, 4.69) is 4.74 Å². The summed E-state index contributed by atoms with van der Waals surface area (Å²) < 4.78 is 122. The molecule has 0 amide bonds. The zero-order chi connectivity index (χ0) is 23.2. The SMILES string of the molecule is O=C(Oc1c(C(F)(F)F)cc(C(F)(F)F)cc1C(F)(F)F)c1cc(O)c(O)c(O)c1. The summed E-state index contributed by atoms with van der Waals surface area (Å²) in [7, 11) is 0. The molecule has 14 heteroatoms. The van der Waals surface area contributed by atoms with Crippen molar-refractivity contribution >= 4 is 5.97 Å². The molecule has 3 N–H and O–H groups in total. The zero-order valence-electron chi connectivity index (χ0n) is 13.9. The molecule has 0 bridgehead atoms. The Morgan fingerprint density at radius 3 is 1.43 bits per heavy atom. The summed E-state index contributed by atoms with van der Waals surface area (Å²) in [6.07, 6.45) is -17.2. The highest BCUT2D eigenvalue weighted by atomic mass is 19.4. The fourth-order valence-corrected chi connectivity index (χ4v) is 2.20. The summed E-state index contributed by atoms with van der Waals surface area (Å²) in [6.45, 7) is 0. The standard InChI is InChI=1S/C16H7F9O5/c17-14(18,19)6-3-7(15(20,21)22)12(8(4-6)16(23,24)25)30-13(29)5-1-9(26)11(28)10(27)2-5/h1-4,26-28H. The maximum Gasteiger partial charge on any atom is 0.420 e. The third kappa shape index (κ3) is 4.63. The second kappa shape index (κ2) is 7.18. The Balaban J connectivity index is 2.72. The molecule has 164 valence electrons. The topological polar surface area (TPSA) is 87.0 Å². The van der Waals surface area contributed by atoms with Crippen molar-refractivity contribution in [2.24, 2.45) is 0 Å². The van der Waals surface area contributed by atoms with Crippen molar-refractivity contribution in [1.82, 2.24) is 0 Å². The average molecular weight is 450 g/mol. The van der Waals surface area contributed by atoms with Gasteiger partial charge in [-0.25, -0.2) is 4.79 Å². The molecule has 0 aliphatic carbocycles. The first-order chi connectivity index (χ1) is 13.4. The van der Waals surface area contributed by atoms with Crippen LogP contribution in [0.5, 0.6) is 23.0 Å². The van der Waals surface area contributed by atoms with E-state index in [-0.39, 0.29) is 0 Å². The molecule has 0 atom stereocenters. The maximum atomic E-state index is 13.2. The fourth-order valence-electron chi connectivity index (χ4n) is 2.20. The van der Waals surface area contributed by atoms with E-state index < -0.39 is 81.9 Å². The van der Waals surface area contributed by atoms with E-state index in [9.17, 15) is 54.5 Å². The van der Waals surface area contributed by atoms with Gasteiger partial charge in [0, 0.05) is 0 Å². The number of rotatable bonds is 2. The highest BCUT2D eigenvalue weighted by Gasteiger charge is 2.46. The Hall–Kier alpha value is -3.32. The van der Waals surface area contributed by atoms with Crippen LogP contribution in [0.1, 0.15) is 27.0 Å². The van der Waals surface area contributed by atoms with Gasteiger partial charge in [0.15, 0.2) is 23.0 Å². The fraction of sp³-hybridized carbons (Fsp3) is 0.188. The van der Waals surface area contributed by atoms with Gasteiger partial charge in [0.2, 0.25) is 0 Å². The molecule has 0 heterocycles. The van der Waals surface area contributed by atoms with Crippen molar-refractivity contribution < 1.29 is 64.4 Å². The minimum absolute atomic E-state index is 0.335. The molecule has 0 aromatic heterocycles. The van der Waals surface area contributed by atoms with Crippen LogP contribution in [-0.2, 0) is 18.5 Å². The number of aromatic hydroxyl groups is 3. The minimum Gasteiger partial charge on any atom is -0.504 e. The number of alkyl halides is 9. The molecule has 0 saturated heterocycles. The summed E-state index contributed by atoms with van der Waals surface area (Å²) in [4.78, 5) is 12.0. The number of phenols is 3. The molecule has 0 saturated carbocycles. The molecular formula is C16H7F9O5. The average Bonchev–Trinajstić information content (AvgIpc) is 2.56. The first-order valence-electron chi connectivity index (χ1n) is 7.29. The van der Waals surface area contributed by atoms with E-state index in [1.165, 1.54) is 0 Å². The number of benzene rings is 2. The van der Waals surface area contributed by atoms with Gasteiger partial charge in [-0.3, -0.25) is 0 Å². The van der Waals surface area contributed by atoms with E-state index in [0.717, 1.165) is 0 Å². The molecule has 0 fully saturated rings. The lowest BCUT2D eigenvalue weighted by molar-refractivity contribution is -0.149. The second-order valence-electron chi connectivity index (χ2n) is 5.65. The van der Waals surface area contributed by atoms with Gasteiger partial charge in [-0.2, -0.15) is 39.5 Å². The molecule has 2 rings (SSSR count). The predicted octanol–water partition coefficient (Wildman–Crippen LogP) is 5.08. The van der Waals surface area contributed by atoms with E-state index in [1.54, 1.807) is 0 Å². The first kappa shape index (κ1) is 23.0. The van der Waals surface area contributed by atoms with Gasteiger partial charge >= 0.3 is 24.5 Å². The van der Waals surface area contributed by atoms with Crippen LogP contribution in [0.3, 0.4) is 0 Å². The third-order valence-corrected chi connectivity index (χ3v) is 3.53. The van der Waals surface area contributed by atoms with Crippen molar-refractivity contribution in [3.8, 4) is 23.0 Å². The first-order valence-corrected chi connectivity index (χ1v) is 7.29. The Bertz CT molecular complexity index is 932. The van der Waals surface area contributed by atoms with Crippen molar-refractivity contribution in [1.29, 1.82) is 0 Å². The van der Waals surface area contributed by atoms with Crippen molar-refractivity contribution in [2.45, 2.75) is 18.5 Å². The highest BCUT2D eigenvalue weighted by Crippen LogP contribution is 2.47. The lowest BCUT2D eigenvalue weighted by Gasteiger charge is -2.20. The Kier molecular flexibility index (Phi) is 5.49. The number of carbonyl (C=O) groups excluding carboxylic acids is 1. The number of hydrogen-bond acceptors (Lipinski definition) is 5. The summed E-state index contributed by atoms with van der Waals surface area (Å²) in [5, 5.41) is 27.7. The predicted molar refractivity (Wildman–Crippen MR) is 77.8 cm³/mol. The largest absolute Gasteiger partial charge is 0.504 e. The second-order valence-corrected chi connectivity index (χ2v) is 5.65. The number of carbonyl (C=O) groups is 1. The van der Waals surface area contributed by atoms with Gasteiger partial charge in [-0.15, -0.1) is 0 Å². The van der Waals surface area contributed by atoms with Crippen molar-refractivity contribution in [3.05, 3.63) is 46.5 Å². The van der Waals surface area contributed by atoms with Gasteiger partial charge in [-0.1, -0.05) is 0 Å². The van der Waals surface area contributed by atoms with Crippen molar-refractivity contribution in [2.75, 3.05) is 0 Å². The molecule has 0 radical (unpaired) electrons. The van der Waals surface area contributed by atoms with E-state index in [4.69, 9.17) is 5.11 Å². The molecule has 5 nitrogen and oxygen atoms in total. The summed E-state index contributed by atoms with van der Waals surface area (Å²) in [6, 6.07) is -0.656. The van der Waals surface area contributed by atoms with Crippen LogP contribution in [0.4, 0.5) is 39.5 Å². The monoisotopic (exact) mass is 450 g/mol. The molecule has 0 aliphatic heterocycles. The van der Waals surface area contributed by atoms with Crippen LogP contribution in [0.2, 0.25) is 0 Å². The summed E-state index contributed by atoms with van der Waals surface area (Å²) in [5.41, 5.74) is -8.37. The maximum absolute atomic E-state index is 13.2. The summed E-state index contributed by atoms with van der Waals surface area (Å²) >= 11 is 0. The van der Waals surface area contributed by atoms with E-state index in [0.29, 0.717) is 12.1 Å². The van der Waals surface area contributed by atoms with Gasteiger partial charge in [0.25, 0.3) is 0 Å². The Labute approximate surface area is 159 Å². The smallest absolute Gasteiger partial charge is 0.420 e. The highest BCUT2D eigenvalue weighted by molar-refractivity contribution is 5.93. The van der Waals surface area contributed by atoms with Crippen LogP contribution in [0.15, 0.2) is 24.3 Å². The quantitative estimate of drug-likeness (QED) is 0.257. The van der Waals surface area contributed by atoms with Gasteiger partial charge in [0.05, 0.1) is 22.3 Å². The number of hydrogen-bond donors (Lipinski definition) is 3. The number of esters is 1. The number of phenolic OH excluding ortho intramolecular Hbond substituents is 3. The molecule has 0 spiro atoms. The number of halogens is 9. The molecule has 2 aromatic carbocycles. The normalized spacial score (nSPS) is 12.7. The Morgan fingerprint density at radius 2 is 1.10 bits per heavy atom. The molecular weight excluding hydrogens is 443 g/mol. The zero-order valence-corrected chi connectivity index (χ0v) is 13.9. The van der Waals surface area contributed by atoms with Crippen LogP contribution in [-0.4, -0.2) is 21.3 Å². The van der Waals surface area contributed by atoms with Gasteiger partial charge < -0.3 is 20.1 Å². The van der Waals surface area contributed by atoms with Gasteiger partial charge in [0.1, 0.15) is 0 Å². The lowest BCUT2D eigenvalue weighted by atomic mass is 10.0. The lowest BCUT2D eigenvalue weighted by Crippen LogP contribution is -2.21. The van der Waals surface area contributed by atoms with Crippen LogP contribution < -0.4 is 4.74 Å².